The van der Waals surface area contributed by atoms with Gasteiger partial charge in [0.2, 0.25) is 10.6 Å². The standard InChI is InChI=1S/C7H9Cl2N3OS/c1-2-13-3-4-14-7-11-5(8)10-6(9)12-7/h2-4H2,1H3. The third kappa shape index (κ3) is 4.41. The van der Waals surface area contributed by atoms with E-state index < -0.39 is 0 Å². The van der Waals surface area contributed by atoms with Gasteiger partial charge in [0.05, 0.1) is 6.61 Å². The number of aromatic nitrogens is 3. The highest BCUT2D eigenvalue weighted by molar-refractivity contribution is 7.99. The van der Waals surface area contributed by atoms with Gasteiger partial charge in [-0.2, -0.15) is 15.0 Å². The number of hydrogen-bond acceptors (Lipinski definition) is 5. The second-order valence-electron chi connectivity index (χ2n) is 2.20. The van der Waals surface area contributed by atoms with Crippen LogP contribution < -0.4 is 0 Å². The molecule has 0 bridgehead atoms. The zero-order valence-electron chi connectivity index (χ0n) is 7.54. The van der Waals surface area contributed by atoms with Crippen LogP contribution in [0, 0.1) is 0 Å². The average molecular weight is 254 g/mol. The molecule has 1 heterocycles. The maximum absolute atomic E-state index is 5.60. The normalized spacial score (nSPS) is 10.5. The van der Waals surface area contributed by atoms with Gasteiger partial charge in [0.15, 0.2) is 5.16 Å². The first-order chi connectivity index (χ1) is 6.72. The summed E-state index contributed by atoms with van der Waals surface area (Å²) in [5.41, 5.74) is 0. The highest BCUT2D eigenvalue weighted by Crippen LogP contribution is 2.16. The molecule has 0 saturated carbocycles. The summed E-state index contributed by atoms with van der Waals surface area (Å²) in [7, 11) is 0. The first-order valence-corrected chi connectivity index (χ1v) is 5.74. The lowest BCUT2D eigenvalue weighted by Gasteiger charge is -2.00. The highest BCUT2D eigenvalue weighted by atomic mass is 35.5. The van der Waals surface area contributed by atoms with Crippen molar-refractivity contribution in [2.24, 2.45) is 0 Å². The second-order valence-corrected chi connectivity index (χ2v) is 3.94. The third-order valence-corrected chi connectivity index (χ3v) is 2.37. The van der Waals surface area contributed by atoms with Crippen LogP contribution in [-0.4, -0.2) is 33.9 Å². The molecule has 0 aromatic carbocycles. The summed E-state index contributed by atoms with van der Waals surface area (Å²) < 4.78 is 5.16. The molecule has 0 saturated heterocycles. The summed E-state index contributed by atoms with van der Waals surface area (Å²) in [6, 6.07) is 0. The van der Waals surface area contributed by atoms with Gasteiger partial charge >= 0.3 is 0 Å². The van der Waals surface area contributed by atoms with Crippen LogP contribution in [-0.2, 0) is 4.74 Å². The van der Waals surface area contributed by atoms with Crippen molar-refractivity contribution in [2.75, 3.05) is 19.0 Å². The molecule has 1 aromatic rings. The van der Waals surface area contributed by atoms with Gasteiger partial charge in [-0.3, -0.25) is 0 Å². The van der Waals surface area contributed by atoms with Crippen molar-refractivity contribution in [1.29, 1.82) is 0 Å². The van der Waals surface area contributed by atoms with Crippen molar-refractivity contribution in [3.63, 3.8) is 0 Å². The van der Waals surface area contributed by atoms with Gasteiger partial charge in [0.25, 0.3) is 0 Å². The van der Waals surface area contributed by atoms with Crippen LogP contribution in [0.25, 0.3) is 0 Å². The molecule has 0 amide bonds. The molecular weight excluding hydrogens is 245 g/mol. The molecule has 0 aliphatic heterocycles. The van der Waals surface area contributed by atoms with Crippen molar-refractivity contribution in [2.45, 2.75) is 12.1 Å². The fourth-order valence-electron chi connectivity index (χ4n) is 0.710. The fourth-order valence-corrected chi connectivity index (χ4v) is 1.86. The smallest absolute Gasteiger partial charge is 0.227 e. The Hall–Kier alpha value is -0.100. The van der Waals surface area contributed by atoms with Gasteiger partial charge in [0, 0.05) is 12.4 Å². The molecule has 7 heteroatoms. The van der Waals surface area contributed by atoms with E-state index in [9.17, 15) is 0 Å². The van der Waals surface area contributed by atoms with Crippen LogP contribution in [0.1, 0.15) is 6.92 Å². The van der Waals surface area contributed by atoms with E-state index >= 15 is 0 Å². The van der Waals surface area contributed by atoms with E-state index in [0.717, 1.165) is 5.75 Å². The third-order valence-electron chi connectivity index (χ3n) is 1.22. The van der Waals surface area contributed by atoms with Crippen molar-refractivity contribution in [3.05, 3.63) is 10.6 Å². The number of hydrogen-bond donors (Lipinski definition) is 0. The van der Waals surface area contributed by atoms with E-state index in [0.29, 0.717) is 18.4 Å². The summed E-state index contributed by atoms with van der Waals surface area (Å²) in [5.74, 6) is 0.768. The average Bonchev–Trinajstić information content (AvgIpc) is 2.11. The molecule has 0 unspecified atom stereocenters. The molecule has 0 aliphatic carbocycles. The highest BCUT2D eigenvalue weighted by Gasteiger charge is 2.03. The van der Waals surface area contributed by atoms with Gasteiger partial charge < -0.3 is 4.74 Å². The molecular formula is C7H9Cl2N3OS. The lowest BCUT2D eigenvalue weighted by Crippen LogP contribution is -1.98. The van der Waals surface area contributed by atoms with E-state index in [1.165, 1.54) is 11.8 Å². The molecule has 14 heavy (non-hydrogen) atoms. The Labute approximate surface area is 96.4 Å². The maximum Gasteiger partial charge on any atom is 0.227 e. The predicted octanol–water partition coefficient (Wildman–Crippen LogP) is 2.31. The van der Waals surface area contributed by atoms with E-state index in [2.05, 4.69) is 15.0 Å². The van der Waals surface area contributed by atoms with Crippen molar-refractivity contribution in [3.8, 4) is 0 Å². The molecule has 78 valence electrons. The SMILES string of the molecule is CCOCCSc1nc(Cl)nc(Cl)n1. The zero-order chi connectivity index (χ0) is 10.4. The Morgan fingerprint density at radius 1 is 1.21 bits per heavy atom. The van der Waals surface area contributed by atoms with Gasteiger partial charge in [-0.1, -0.05) is 11.8 Å². The lowest BCUT2D eigenvalue weighted by atomic mass is 10.8. The predicted molar refractivity (Wildman–Crippen MR) is 57.1 cm³/mol. The van der Waals surface area contributed by atoms with E-state index in [1.807, 2.05) is 6.92 Å². The molecule has 1 aromatic heterocycles. The van der Waals surface area contributed by atoms with Gasteiger partial charge in [-0.25, -0.2) is 0 Å². The van der Waals surface area contributed by atoms with Crippen LogP contribution in [0.15, 0.2) is 5.16 Å². The summed E-state index contributed by atoms with van der Waals surface area (Å²) in [6.45, 7) is 3.31. The topological polar surface area (TPSA) is 47.9 Å². The Balaban J connectivity index is 2.42. The summed E-state index contributed by atoms with van der Waals surface area (Å²) in [5, 5.41) is 0.752. The summed E-state index contributed by atoms with van der Waals surface area (Å²) in [6.07, 6.45) is 0. The minimum Gasteiger partial charge on any atom is -0.381 e. The second kappa shape index (κ2) is 6.40. The van der Waals surface area contributed by atoms with E-state index in [4.69, 9.17) is 27.9 Å². The van der Waals surface area contributed by atoms with Gasteiger partial charge in [-0.15, -0.1) is 0 Å². The number of ether oxygens (including phenoxy) is 1. The van der Waals surface area contributed by atoms with Gasteiger partial charge in [-0.05, 0) is 30.1 Å². The summed E-state index contributed by atoms with van der Waals surface area (Å²) >= 11 is 12.6. The molecule has 4 nitrogen and oxygen atoms in total. The Morgan fingerprint density at radius 3 is 2.43 bits per heavy atom. The minimum absolute atomic E-state index is 0.115. The van der Waals surface area contributed by atoms with Crippen LogP contribution in [0.2, 0.25) is 10.6 Å². The van der Waals surface area contributed by atoms with Crippen molar-refractivity contribution in [1.82, 2.24) is 15.0 Å². The zero-order valence-corrected chi connectivity index (χ0v) is 9.86. The summed E-state index contributed by atoms with van der Waals surface area (Å²) in [4.78, 5) is 11.4. The Bertz CT molecular complexity index is 280. The Morgan fingerprint density at radius 2 is 1.86 bits per heavy atom. The molecule has 0 radical (unpaired) electrons. The number of rotatable bonds is 5. The monoisotopic (exact) mass is 253 g/mol. The van der Waals surface area contributed by atoms with Crippen LogP contribution in [0.4, 0.5) is 0 Å². The molecule has 0 atom stereocenters. The first-order valence-electron chi connectivity index (χ1n) is 4.00. The minimum atomic E-state index is 0.115. The molecule has 0 fully saturated rings. The van der Waals surface area contributed by atoms with Crippen LogP contribution >= 0.6 is 35.0 Å². The molecule has 0 N–H and O–H groups in total. The Kier molecular flexibility index (Phi) is 5.47. The van der Waals surface area contributed by atoms with Crippen LogP contribution in [0.5, 0.6) is 0 Å². The van der Waals surface area contributed by atoms with Crippen LogP contribution in [0.3, 0.4) is 0 Å². The van der Waals surface area contributed by atoms with Crippen molar-refractivity contribution < 1.29 is 4.74 Å². The van der Waals surface area contributed by atoms with Gasteiger partial charge in [0.1, 0.15) is 0 Å². The number of thioether (sulfide) groups is 1. The van der Waals surface area contributed by atoms with E-state index in [1.54, 1.807) is 0 Å². The number of nitrogens with zero attached hydrogens (tertiary/aromatic N) is 3. The van der Waals surface area contributed by atoms with Crippen molar-refractivity contribution >= 4 is 35.0 Å². The fraction of sp³-hybridized carbons (Fsp3) is 0.571. The lowest BCUT2D eigenvalue weighted by molar-refractivity contribution is 0.164. The van der Waals surface area contributed by atoms with E-state index in [-0.39, 0.29) is 10.6 Å². The first kappa shape index (κ1) is 12.0. The quantitative estimate of drug-likeness (QED) is 0.596. The molecule has 0 aliphatic rings. The maximum atomic E-state index is 5.60. The largest absolute Gasteiger partial charge is 0.381 e. The molecule has 1 rings (SSSR count). The number of halogens is 2. The molecule has 0 spiro atoms.